The summed E-state index contributed by atoms with van der Waals surface area (Å²) in [7, 11) is -0.796. The number of nitro groups is 1. The van der Waals surface area contributed by atoms with Crippen molar-refractivity contribution in [3.8, 4) is 0 Å². The molecule has 2 aromatic rings. The predicted molar refractivity (Wildman–Crippen MR) is 108 cm³/mol. The number of nitro benzene ring substituents is 1. The highest BCUT2D eigenvalue weighted by Gasteiger charge is 2.52. The van der Waals surface area contributed by atoms with Gasteiger partial charge in [-0.1, -0.05) is 17.7 Å². The molecule has 0 spiro atoms. The minimum Gasteiger partial charge on any atom is -0.399 e. The van der Waals surface area contributed by atoms with Crippen molar-refractivity contribution >= 4 is 29.9 Å². The smallest absolute Gasteiger partial charge is 0.399 e. The topological polar surface area (TPSA) is 90.7 Å². The van der Waals surface area contributed by atoms with E-state index in [1.54, 1.807) is 18.2 Å². The molecule has 0 bridgehead atoms. The zero-order valence-corrected chi connectivity index (χ0v) is 16.6. The van der Waals surface area contributed by atoms with E-state index in [1.165, 1.54) is 12.1 Å². The van der Waals surface area contributed by atoms with Gasteiger partial charge in [0.15, 0.2) is 0 Å². The molecule has 1 N–H and O–H groups in total. The van der Waals surface area contributed by atoms with Crippen LogP contribution in [0.1, 0.15) is 43.6 Å². The lowest BCUT2D eigenvalue weighted by Crippen LogP contribution is -2.41. The second-order valence-electron chi connectivity index (χ2n) is 7.98. The first-order valence-electron chi connectivity index (χ1n) is 9.01. The Kier molecular flexibility index (Phi) is 5.03. The summed E-state index contributed by atoms with van der Waals surface area (Å²) in [6, 6.07) is 11.5. The SMILES string of the molecule is Cc1ccc(NC(=O)c2cc(B3OC(C)(C)C(C)(C)O3)cc([N+](=O)[O-])c2)cc1. The van der Waals surface area contributed by atoms with E-state index in [2.05, 4.69) is 5.32 Å². The Morgan fingerprint density at radius 2 is 1.61 bits per heavy atom. The van der Waals surface area contributed by atoms with Gasteiger partial charge in [0.2, 0.25) is 0 Å². The lowest BCUT2D eigenvalue weighted by molar-refractivity contribution is -0.384. The highest BCUT2D eigenvalue weighted by Crippen LogP contribution is 2.36. The molecule has 1 fully saturated rings. The van der Waals surface area contributed by atoms with E-state index in [-0.39, 0.29) is 11.3 Å². The zero-order chi connectivity index (χ0) is 20.7. The fourth-order valence-corrected chi connectivity index (χ4v) is 2.83. The number of nitrogens with one attached hydrogen (secondary N) is 1. The van der Waals surface area contributed by atoms with Crippen LogP contribution in [0, 0.1) is 17.0 Å². The second kappa shape index (κ2) is 7.03. The summed E-state index contributed by atoms with van der Waals surface area (Å²) in [5, 5.41) is 14.1. The Morgan fingerprint density at radius 1 is 1.04 bits per heavy atom. The van der Waals surface area contributed by atoms with Gasteiger partial charge in [-0.05, 0) is 58.3 Å². The molecule has 0 atom stereocenters. The molecule has 0 aliphatic carbocycles. The van der Waals surface area contributed by atoms with Crippen molar-refractivity contribution < 1.29 is 19.0 Å². The van der Waals surface area contributed by atoms with Gasteiger partial charge in [-0.15, -0.1) is 0 Å². The van der Waals surface area contributed by atoms with Gasteiger partial charge in [-0.25, -0.2) is 0 Å². The zero-order valence-electron chi connectivity index (χ0n) is 16.6. The van der Waals surface area contributed by atoms with Crippen molar-refractivity contribution in [2.45, 2.75) is 45.8 Å². The van der Waals surface area contributed by atoms with E-state index in [4.69, 9.17) is 9.31 Å². The highest BCUT2D eigenvalue weighted by atomic mass is 16.7. The number of aryl methyl sites for hydroxylation is 1. The van der Waals surface area contributed by atoms with E-state index >= 15 is 0 Å². The molecule has 146 valence electrons. The van der Waals surface area contributed by atoms with Gasteiger partial charge in [0.25, 0.3) is 11.6 Å². The lowest BCUT2D eigenvalue weighted by Gasteiger charge is -2.32. The number of carbonyl (C=O) groups is 1. The molecular weight excluding hydrogens is 359 g/mol. The van der Waals surface area contributed by atoms with Gasteiger partial charge in [0.05, 0.1) is 16.1 Å². The molecule has 1 aliphatic rings. The van der Waals surface area contributed by atoms with Crippen LogP contribution in [0.15, 0.2) is 42.5 Å². The number of carbonyl (C=O) groups excluding carboxylic acids is 1. The van der Waals surface area contributed by atoms with Crippen molar-refractivity contribution in [2.24, 2.45) is 0 Å². The maximum atomic E-state index is 12.7. The molecule has 2 aromatic carbocycles. The van der Waals surface area contributed by atoms with Crippen LogP contribution in [0.2, 0.25) is 0 Å². The van der Waals surface area contributed by atoms with Crippen LogP contribution in [-0.4, -0.2) is 29.2 Å². The molecule has 1 heterocycles. The van der Waals surface area contributed by atoms with Crippen LogP contribution in [0.4, 0.5) is 11.4 Å². The fraction of sp³-hybridized carbons (Fsp3) is 0.350. The highest BCUT2D eigenvalue weighted by molar-refractivity contribution is 6.62. The minimum absolute atomic E-state index is 0.166. The summed E-state index contributed by atoms with van der Waals surface area (Å²) in [5.41, 5.74) is 0.900. The average Bonchev–Trinajstić information content (AvgIpc) is 2.84. The molecule has 8 heteroatoms. The van der Waals surface area contributed by atoms with E-state index in [9.17, 15) is 14.9 Å². The minimum atomic E-state index is -0.796. The molecule has 0 aromatic heterocycles. The van der Waals surface area contributed by atoms with Gasteiger partial charge in [-0.2, -0.15) is 0 Å². The quantitative estimate of drug-likeness (QED) is 0.497. The van der Waals surface area contributed by atoms with Gasteiger partial charge in [0, 0.05) is 23.4 Å². The Labute approximate surface area is 164 Å². The third-order valence-electron chi connectivity index (χ3n) is 5.25. The molecule has 0 unspecified atom stereocenters. The Balaban J connectivity index is 1.93. The standard InChI is InChI=1S/C20H23BN2O5/c1-13-6-8-16(9-7-13)22-18(24)14-10-15(12-17(11-14)23(25)26)21-27-19(2,3)20(4,5)28-21/h6-12H,1-5H3,(H,22,24). The Hall–Kier alpha value is -2.71. The van der Waals surface area contributed by atoms with Crippen LogP contribution in [0.5, 0.6) is 0 Å². The van der Waals surface area contributed by atoms with Crippen molar-refractivity contribution in [3.63, 3.8) is 0 Å². The summed E-state index contributed by atoms with van der Waals surface area (Å²) in [4.78, 5) is 23.5. The molecular formula is C20H23BN2O5. The number of benzene rings is 2. The van der Waals surface area contributed by atoms with Gasteiger partial charge < -0.3 is 14.6 Å². The molecule has 0 saturated carbocycles. The summed E-state index contributed by atoms with van der Waals surface area (Å²) in [5.74, 6) is -0.440. The molecule has 3 rings (SSSR count). The average molecular weight is 382 g/mol. The number of nitrogens with zero attached hydrogens (tertiary/aromatic N) is 1. The number of hydrogen-bond donors (Lipinski definition) is 1. The fourth-order valence-electron chi connectivity index (χ4n) is 2.83. The maximum Gasteiger partial charge on any atom is 0.495 e. The van der Waals surface area contributed by atoms with E-state index in [1.807, 2.05) is 46.8 Å². The first-order valence-corrected chi connectivity index (χ1v) is 9.01. The number of anilines is 1. The van der Waals surface area contributed by atoms with Crippen LogP contribution in [0.25, 0.3) is 0 Å². The number of amides is 1. The van der Waals surface area contributed by atoms with Gasteiger partial charge >= 0.3 is 7.12 Å². The van der Waals surface area contributed by atoms with E-state index in [0.29, 0.717) is 11.2 Å². The second-order valence-corrected chi connectivity index (χ2v) is 7.98. The summed E-state index contributed by atoms with van der Waals surface area (Å²) in [6.07, 6.45) is 0. The van der Waals surface area contributed by atoms with Gasteiger partial charge in [0.1, 0.15) is 0 Å². The normalized spacial score (nSPS) is 17.4. The molecule has 28 heavy (non-hydrogen) atoms. The summed E-state index contributed by atoms with van der Waals surface area (Å²) in [6.45, 7) is 9.54. The first-order chi connectivity index (χ1) is 13.0. The maximum absolute atomic E-state index is 12.7. The summed E-state index contributed by atoms with van der Waals surface area (Å²) >= 11 is 0. The van der Waals surface area contributed by atoms with E-state index < -0.39 is 29.2 Å². The van der Waals surface area contributed by atoms with Crippen LogP contribution >= 0.6 is 0 Å². The van der Waals surface area contributed by atoms with Gasteiger partial charge in [-0.3, -0.25) is 14.9 Å². The molecule has 7 nitrogen and oxygen atoms in total. The molecule has 0 radical (unpaired) electrons. The van der Waals surface area contributed by atoms with Crippen molar-refractivity contribution in [3.05, 3.63) is 63.7 Å². The van der Waals surface area contributed by atoms with Crippen molar-refractivity contribution in [1.82, 2.24) is 0 Å². The van der Waals surface area contributed by atoms with Crippen molar-refractivity contribution in [2.75, 3.05) is 5.32 Å². The Bertz CT molecular complexity index is 909. The van der Waals surface area contributed by atoms with Crippen molar-refractivity contribution in [1.29, 1.82) is 0 Å². The molecule has 1 saturated heterocycles. The van der Waals surface area contributed by atoms with E-state index in [0.717, 1.165) is 5.56 Å². The molecule has 1 amide bonds. The molecule has 1 aliphatic heterocycles. The lowest BCUT2D eigenvalue weighted by atomic mass is 9.78. The number of hydrogen-bond acceptors (Lipinski definition) is 5. The first kappa shape index (κ1) is 20.0. The van der Waals surface area contributed by atoms with Crippen LogP contribution < -0.4 is 10.8 Å². The number of rotatable bonds is 4. The number of non-ortho nitro benzene ring substituents is 1. The van der Waals surface area contributed by atoms with Crippen LogP contribution in [0.3, 0.4) is 0 Å². The Morgan fingerprint density at radius 3 is 2.14 bits per heavy atom. The third-order valence-corrected chi connectivity index (χ3v) is 5.25. The summed E-state index contributed by atoms with van der Waals surface area (Å²) < 4.78 is 11.9. The van der Waals surface area contributed by atoms with Crippen LogP contribution in [-0.2, 0) is 9.31 Å². The monoisotopic (exact) mass is 382 g/mol. The third kappa shape index (κ3) is 3.93. The largest absolute Gasteiger partial charge is 0.495 e. The predicted octanol–water partition coefficient (Wildman–Crippen LogP) is 3.45.